The number of aromatic nitrogens is 2. The van der Waals surface area contributed by atoms with Crippen LogP contribution in [-0.4, -0.2) is 40.1 Å². The predicted molar refractivity (Wildman–Crippen MR) is 67.9 cm³/mol. The molecule has 5 heteroatoms. The van der Waals surface area contributed by atoms with Crippen LogP contribution < -0.4 is 5.32 Å². The van der Waals surface area contributed by atoms with Gasteiger partial charge in [-0.15, -0.1) is 12.4 Å². The number of hydrogen-bond donors (Lipinski definition) is 1. The van der Waals surface area contributed by atoms with Crippen molar-refractivity contribution in [2.45, 2.75) is 33.0 Å². The SMILES string of the molecule is CCn1ccnc1CN1CCNCC1C.Cl. The summed E-state index contributed by atoms with van der Waals surface area (Å²) in [4.78, 5) is 6.91. The lowest BCUT2D eigenvalue weighted by Crippen LogP contribution is -2.49. The number of piperazine rings is 1. The van der Waals surface area contributed by atoms with E-state index in [-0.39, 0.29) is 12.4 Å². The van der Waals surface area contributed by atoms with Crippen LogP contribution in [0.15, 0.2) is 12.4 Å². The van der Waals surface area contributed by atoms with Crippen LogP contribution in [0.5, 0.6) is 0 Å². The first-order chi connectivity index (χ1) is 7.31. The number of nitrogens with one attached hydrogen (secondary N) is 1. The molecule has 0 saturated carbocycles. The van der Waals surface area contributed by atoms with Crippen LogP contribution in [-0.2, 0) is 13.1 Å². The molecule has 1 aliphatic heterocycles. The lowest BCUT2D eigenvalue weighted by molar-refractivity contribution is 0.160. The van der Waals surface area contributed by atoms with Crippen LogP contribution in [0.25, 0.3) is 0 Å². The smallest absolute Gasteiger partial charge is 0.122 e. The molecule has 0 aromatic carbocycles. The van der Waals surface area contributed by atoms with Crippen LogP contribution in [0.1, 0.15) is 19.7 Å². The minimum atomic E-state index is 0. The second-order valence-corrected chi connectivity index (χ2v) is 4.15. The standard InChI is InChI=1S/C11H20N4.ClH/c1-3-14-7-5-13-11(14)9-15-6-4-12-8-10(15)2;/h5,7,10,12H,3-4,6,8-9H2,1-2H3;1H. The second kappa shape index (κ2) is 6.23. The van der Waals surface area contributed by atoms with E-state index in [2.05, 4.69) is 39.8 Å². The fourth-order valence-electron chi connectivity index (χ4n) is 2.08. The molecule has 0 bridgehead atoms. The molecule has 1 aliphatic rings. The van der Waals surface area contributed by atoms with Crippen LogP contribution in [0.4, 0.5) is 0 Å². The number of rotatable bonds is 3. The second-order valence-electron chi connectivity index (χ2n) is 4.15. The lowest BCUT2D eigenvalue weighted by Gasteiger charge is -2.33. The van der Waals surface area contributed by atoms with Crippen molar-refractivity contribution in [3.8, 4) is 0 Å². The third kappa shape index (κ3) is 2.97. The van der Waals surface area contributed by atoms with Gasteiger partial charge in [0.15, 0.2) is 0 Å². The molecule has 0 radical (unpaired) electrons. The summed E-state index contributed by atoms with van der Waals surface area (Å²) in [5.74, 6) is 1.19. The van der Waals surface area contributed by atoms with Gasteiger partial charge in [-0.2, -0.15) is 0 Å². The molecular weight excluding hydrogens is 224 g/mol. The Kier molecular flexibility index (Phi) is 5.25. The molecule has 0 aliphatic carbocycles. The van der Waals surface area contributed by atoms with E-state index in [4.69, 9.17) is 0 Å². The number of nitrogens with zero attached hydrogens (tertiary/aromatic N) is 3. The van der Waals surface area contributed by atoms with E-state index in [1.54, 1.807) is 0 Å². The number of hydrogen-bond acceptors (Lipinski definition) is 3. The quantitative estimate of drug-likeness (QED) is 0.865. The van der Waals surface area contributed by atoms with E-state index < -0.39 is 0 Å². The molecule has 1 atom stereocenters. The Hall–Kier alpha value is -0.580. The maximum atomic E-state index is 4.42. The van der Waals surface area contributed by atoms with Gasteiger partial charge >= 0.3 is 0 Å². The van der Waals surface area contributed by atoms with Crippen molar-refractivity contribution in [2.75, 3.05) is 19.6 Å². The Morgan fingerprint density at radius 3 is 3.06 bits per heavy atom. The lowest BCUT2D eigenvalue weighted by atomic mass is 10.2. The highest BCUT2D eigenvalue weighted by Gasteiger charge is 2.19. The van der Waals surface area contributed by atoms with Gasteiger partial charge in [-0.3, -0.25) is 4.90 Å². The third-order valence-electron chi connectivity index (χ3n) is 3.13. The zero-order chi connectivity index (χ0) is 10.7. The van der Waals surface area contributed by atoms with Crippen molar-refractivity contribution < 1.29 is 0 Å². The molecule has 0 spiro atoms. The van der Waals surface area contributed by atoms with Gasteiger partial charge in [-0.05, 0) is 13.8 Å². The first-order valence-electron chi connectivity index (χ1n) is 5.76. The summed E-state index contributed by atoms with van der Waals surface area (Å²) in [6.07, 6.45) is 3.95. The van der Waals surface area contributed by atoms with Gasteiger partial charge in [0.25, 0.3) is 0 Å². The van der Waals surface area contributed by atoms with Gasteiger partial charge < -0.3 is 9.88 Å². The molecule has 4 nitrogen and oxygen atoms in total. The summed E-state index contributed by atoms with van der Waals surface area (Å²) in [6, 6.07) is 0.612. The normalized spacial score (nSPS) is 21.8. The molecule has 1 fully saturated rings. The molecular formula is C11H21ClN4. The molecule has 1 saturated heterocycles. The summed E-state index contributed by atoms with van der Waals surface area (Å²) < 4.78 is 2.22. The molecule has 1 aromatic heterocycles. The van der Waals surface area contributed by atoms with Gasteiger partial charge in [0.2, 0.25) is 0 Å². The van der Waals surface area contributed by atoms with E-state index in [9.17, 15) is 0 Å². The van der Waals surface area contributed by atoms with E-state index in [1.165, 1.54) is 5.82 Å². The molecule has 0 amide bonds. The van der Waals surface area contributed by atoms with Crippen molar-refractivity contribution in [1.29, 1.82) is 0 Å². The zero-order valence-electron chi connectivity index (χ0n) is 10.0. The summed E-state index contributed by atoms with van der Waals surface area (Å²) in [5.41, 5.74) is 0. The first-order valence-corrected chi connectivity index (χ1v) is 5.76. The largest absolute Gasteiger partial charge is 0.334 e. The average Bonchev–Trinajstić information content (AvgIpc) is 2.69. The molecule has 1 unspecified atom stereocenters. The number of aryl methyl sites for hydroxylation is 1. The number of halogens is 1. The van der Waals surface area contributed by atoms with Gasteiger partial charge in [-0.1, -0.05) is 0 Å². The average molecular weight is 245 g/mol. The van der Waals surface area contributed by atoms with Crippen molar-refractivity contribution in [3.63, 3.8) is 0 Å². The summed E-state index contributed by atoms with van der Waals surface area (Å²) in [7, 11) is 0. The topological polar surface area (TPSA) is 33.1 Å². The Morgan fingerprint density at radius 2 is 2.38 bits per heavy atom. The van der Waals surface area contributed by atoms with E-state index >= 15 is 0 Å². The van der Waals surface area contributed by atoms with Crippen LogP contribution >= 0.6 is 12.4 Å². The minimum absolute atomic E-state index is 0. The Bertz CT molecular complexity index is 313. The van der Waals surface area contributed by atoms with Gasteiger partial charge in [0.1, 0.15) is 5.82 Å². The van der Waals surface area contributed by atoms with Gasteiger partial charge in [0.05, 0.1) is 6.54 Å². The van der Waals surface area contributed by atoms with Crippen molar-refractivity contribution in [2.24, 2.45) is 0 Å². The maximum Gasteiger partial charge on any atom is 0.122 e. The van der Waals surface area contributed by atoms with Gasteiger partial charge in [-0.25, -0.2) is 4.98 Å². The van der Waals surface area contributed by atoms with E-state index in [0.717, 1.165) is 32.7 Å². The van der Waals surface area contributed by atoms with E-state index in [0.29, 0.717) is 6.04 Å². The highest BCUT2D eigenvalue weighted by molar-refractivity contribution is 5.85. The highest BCUT2D eigenvalue weighted by atomic mass is 35.5. The molecule has 1 aromatic rings. The minimum Gasteiger partial charge on any atom is -0.334 e. The first kappa shape index (κ1) is 13.5. The van der Waals surface area contributed by atoms with Crippen LogP contribution in [0, 0.1) is 0 Å². The Balaban J connectivity index is 0.00000128. The summed E-state index contributed by atoms with van der Waals surface area (Å²) in [6.45, 7) is 9.72. The molecule has 2 heterocycles. The molecule has 92 valence electrons. The van der Waals surface area contributed by atoms with Crippen LogP contribution in [0.2, 0.25) is 0 Å². The Labute approximate surface area is 103 Å². The van der Waals surface area contributed by atoms with Crippen molar-refractivity contribution >= 4 is 12.4 Å². The summed E-state index contributed by atoms with van der Waals surface area (Å²) in [5, 5.41) is 3.40. The predicted octanol–water partition coefficient (Wildman–Crippen LogP) is 1.12. The van der Waals surface area contributed by atoms with Crippen LogP contribution in [0.3, 0.4) is 0 Å². The molecule has 16 heavy (non-hydrogen) atoms. The fourth-order valence-corrected chi connectivity index (χ4v) is 2.08. The summed E-state index contributed by atoms with van der Waals surface area (Å²) >= 11 is 0. The van der Waals surface area contributed by atoms with Crippen molar-refractivity contribution in [3.05, 3.63) is 18.2 Å². The van der Waals surface area contributed by atoms with E-state index in [1.807, 2.05) is 6.20 Å². The van der Waals surface area contributed by atoms with Gasteiger partial charge in [0, 0.05) is 44.6 Å². The molecule has 2 rings (SSSR count). The maximum absolute atomic E-state index is 4.42. The zero-order valence-corrected chi connectivity index (χ0v) is 10.8. The Morgan fingerprint density at radius 1 is 1.56 bits per heavy atom. The molecule has 1 N–H and O–H groups in total. The fraction of sp³-hybridized carbons (Fsp3) is 0.727. The van der Waals surface area contributed by atoms with Crippen molar-refractivity contribution in [1.82, 2.24) is 19.8 Å². The highest BCUT2D eigenvalue weighted by Crippen LogP contribution is 2.08. The monoisotopic (exact) mass is 244 g/mol. The number of imidazole rings is 1. The third-order valence-corrected chi connectivity index (χ3v) is 3.13.